The van der Waals surface area contributed by atoms with Crippen LogP contribution >= 0.6 is 0 Å². The SMILES string of the molecule is C=C(C)c1cc(C(=O)N(C)Cc2ccc(CCO)cc2)c(OCCCC)cc1OCCCC. The number of hydrogen-bond donors (Lipinski definition) is 1. The van der Waals surface area contributed by atoms with Crippen LogP contribution in [0.5, 0.6) is 11.5 Å². The summed E-state index contributed by atoms with van der Waals surface area (Å²) in [5.74, 6) is 1.15. The minimum absolute atomic E-state index is 0.108. The first kappa shape index (κ1) is 26.5. The number of hydrogen-bond acceptors (Lipinski definition) is 4. The van der Waals surface area contributed by atoms with Crippen LogP contribution in [-0.2, 0) is 13.0 Å². The minimum Gasteiger partial charge on any atom is -0.493 e. The molecule has 0 radical (unpaired) electrons. The molecule has 0 saturated carbocycles. The second-order valence-corrected chi connectivity index (χ2v) is 8.48. The molecule has 1 N–H and O–H groups in total. The second kappa shape index (κ2) is 13.7. The largest absolute Gasteiger partial charge is 0.493 e. The topological polar surface area (TPSA) is 59.0 Å². The lowest BCUT2D eigenvalue weighted by molar-refractivity contribution is 0.0780. The molecule has 2 rings (SSSR count). The van der Waals surface area contributed by atoms with Gasteiger partial charge in [-0.1, -0.05) is 57.5 Å². The molecule has 5 heteroatoms. The summed E-state index contributed by atoms with van der Waals surface area (Å²) in [5.41, 5.74) is 4.30. The molecule has 2 aromatic rings. The summed E-state index contributed by atoms with van der Waals surface area (Å²) in [4.78, 5) is 15.2. The van der Waals surface area contributed by atoms with E-state index in [1.54, 1.807) is 11.9 Å². The highest BCUT2D eigenvalue weighted by atomic mass is 16.5. The highest BCUT2D eigenvalue weighted by Gasteiger charge is 2.21. The fraction of sp³-hybridized carbons (Fsp3) is 0.464. The number of ether oxygens (including phenoxy) is 2. The Morgan fingerprint density at radius 3 is 2.00 bits per heavy atom. The average Bonchev–Trinajstić information content (AvgIpc) is 2.80. The van der Waals surface area contributed by atoms with Gasteiger partial charge in [0, 0.05) is 31.8 Å². The molecule has 0 spiro atoms. The second-order valence-electron chi connectivity index (χ2n) is 8.48. The van der Waals surface area contributed by atoms with Gasteiger partial charge in [-0.3, -0.25) is 4.79 Å². The fourth-order valence-corrected chi connectivity index (χ4v) is 3.45. The van der Waals surface area contributed by atoms with E-state index in [4.69, 9.17) is 14.6 Å². The lowest BCUT2D eigenvalue weighted by atomic mass is 10.0. The van der Waals surface area contributed by atoms with E-state index in [0.29, 0.717) is 43.2 Å². The van der Waals surface area contributed by atoms with Crippen molar-refractivity contribution in [1.29, 1.82) is 0 Å². The lowest BCUT2D eigenvalue weighted by Gasteiger charge is -2.22. The van der Waals surface area contributed by atoms with Crippen molar-refractivity contribution in [2.24, 2.45) is 0 Å². The van der Waals surface area contributed by atoms with Gasteiger partial charge in [0.2, 0.25) is 0 Å². The molecule has 0 saturated heterocycles. The zero-order valence-corrected chi connectivity index (χ0v) is 20.7. The van der Waals surface area contributed by atoms with Crippen molar-refractivity contribution in [3.63, 3.8) is 0 Å². The molecule has 0 aliphatic carbocycles. The Hall–Kier alpha value is -2.79. The van der Waals surface area contributed by atoms with Crippen LogP contribution in [-0.4, -0.2) is 42.8 Å². The van der Waals surface area contributed by atoms with E-state index in [2.05, 4.69) is 20.4 Å². The van der Waals surface area contributed by atoms with Crippen molar-refractivity contribution in [1.82, 2.24) is 4.90 Å². The minimum atomic E-state index is -0.108. The molecule has 0 atom stereocenters. The Morgan fingerprint density at radius 2 is 1.48 bits per heavy atom. The number of amides is 1. The summed E-state index contributed by atoms with van der Waals surface area (Å²) in [7, 11) is 1.80. The Morgan fingerprint density at radius 1 is 0.939 bits per heavy atom. The van der Waals surface area contributed by atoms with Crippen LogP contribution in [0.4, 0.5) is 0 Å². The van der Waals surface area contributed by atoms with Gasteiger partial charge in [-0.05, 0) is 49.0 Å². The first-order chi connectivity index (χ1) is 15.9. The number of benzene rings is 2. The fourth-order valence-electron chi connectivity index (χ4n) is 3.45. The monoisotopic (exact) mass is 453 g/mol. The number of carbonyl (C=O) groups is 1. The van der Waals surface area contributed by atoms with Crippen molar-refractivity contribution in [2.75, 3.05) is 26.9 Å². The zero-order chi connectivity index (χ0) is 24.2. The highest BCUT2D eigenvalue weighted by Crippen LogP contribution is 2.34. The maximum Gasteiger partial charge on any atom is 0.257 e. The molecular weight excluding hydrogens is 414 g/mol. The number of unbranched alkanes of at least 4 members (excludes halogenated alkanes) is 2. The molecule has 0 aliphatic rings. The molecule has 2 aromatic carbocycles. The van der Waals surface area contributed by atoms with Gasteiger partial charge in [-0.2, -0.15) is 0 Å². The van der Waals surface area contributed by atoms with Gasteiger partial charge >= 0.3 is 0 Å². The van der Waals surface area contributed by atoms with Crippen molar-refractivity contribution in [2.45, 2.75) is 59.4 Å². The number of nitrogens with zero attached hydrogens (tertiary/aromatic N) is 1. The number of aliphatic hydroxyl groups is 1. The van der Waals surface area contributed by atoms with Gasteiger partial charge in [0.05, 0.1) is 18.8 Å². The van der Waals surface area contributed by atoms with Gasteiger partial charge in [0.15, 0.2) is 0 Å². The van der Waals surface area contributed by atoms with E-state index in [1.807, 2.05) is 43.3 Å². The third kappa shape index (κ3) is 7.93. The normalized spacial score (nSPS) is 10.7. The van der Waals surface area contributed by atoms with Crippen molar-refractivity contribution < 1.29 is 19.4 Å². The zero-order valence-electron chi connectivity index (χ0n) is 20.7. The molecule has 0 unspecified atom stereocenters. The van der Waals surface area contributed by atoms with Crippen LogP contribution in [0.1, 0.15) is 73.5 Å². The number of rotatable bonds is 14. The smallest absolute Gasteiger partial charge is 0.257 e. The van der Waals surface area contributed by atoms with E-state index >= 15 is 0 Å². The Balaban J connectivity index is 2.31. The molecule has 0 bridgehead atoms. The maximum absolute atomic E-state index is 13.5. The molecule has 0 fully saturated rings. The summed E-state index contributed by atoms with van der Waals surface area (Å²) in [5, 5.41) is 9.10. The van der Waals surface area contributed by atoms with Crippen LogP contribution in [0.3, 0.4) is 0 Å². The maximum atomic E-state index is 13.5. The summed E-state index contributed by atoms with van der Waals surface area (Å²) in [6.07, 6.45) is 4.56. The van der Waals surface area contributed by atoms with Gasteiger partial charge in [0.1, 0.15) is 11.5 Å². The molecule has 0 heterocycles. The van der Waals surface area contributed by atoms with Crippen LogP contribution in [0.25, 0.3) is 5.57 Å². The molecule has 5 nitrogen and oxygen atoms in total. The van der Waals surface area contributed by atoms with E-state index in [1.165, 1.54) is 0 Å². The standard InChI is InChI=1S/C28H39NO4/c1-6-8-16-32-26-19-27(33-17-9-7-2)25(18-24(26)21(3)4)28(31)29(5)20-23-12-10-22(11-13-23)14-15-30/h10-13,18-19,30H,3,6-9,14-17,20H2,1-2,4-5H3. The van der Waals surface area contributed by atoms with Crippen LogP contribution in [0.15, 0.2) is 43.0 Å². The van der Waals surface area contributed by atoms with E-state index in [0.717, 1.165) is 47.9 Å². The van der Waals surface area contributed by atoms with Gasteiger partial charge < -0.3 is 19.5 Å². The van der Waals surface area contributed by atoms with E-state index < -0.39 is 0 Å². The first-order valence-corrected chi connectivity index (χ1v) is 11.9. The van der Waals surface area contributed by atoms with Crippen molar-refractivity contribution >= 4 is 11.5 Å². The predicted molar refractivity (Wildman–Crippen MR) is 135 cm³/mol. The summed E-state index contributed by atoms with van der Waals surface area (Å²) >= 11 is 0. The quantitative estimate of drug-likeness (QED) is 0.363. The van der Waals surface area contributed by atoms with Crippen molar-refractivity contribution in [3.8, 4) is 11.5 Å². The first-order valence-electron chi connectivity index (χ1n) is 11.9. The Kier molecular flexibility index (Phi) is 11.0. The molecule has 0 aliphatic heterocycles. The van der Waals surface area contributed by atoms with Crippen LogP contribution in [0, 0.1) is 0 Å². The molecule has 1 amide bonds. The summed E-state index contributed by atoms with van der Waals surface area (Å²) in [6, 6.07) is 11.7. The van der Waals surface area contributed by atoms with Crippen LogP contribution in [0.2, 0.25) is 0 Å². The molecule has 180 valence electrons. The predicted octanol–water partition coefficient (Wildman–Crippen LogP) is 5.88. The average molecular weight is 454 g/mol. The Labute approximate surface area is 199 Å². The van der Waals surface area contributed by atoms with Gasteiger partial charge in [-0.15, -0.1) is 0 Å². The van der Waals surface area contributed by atoms with Crippen molar-refractivity contribution in [3.05, 3.63) is 65.2 Å². The highest BCUT2D eigenvalue weighted by molar-refractivity contribution is 5.98. The molecule has 0 aromatic heterocycles. The van der Waals surface area contributed by atoms with Gasteiger partial charge in [-0.25, -0.2) is 0 Å². The number of carbonyl (C=O) groups excluding carboxylic acids is 1. The summed E-state index contributed by atoms with van der Waals surface area (Å²) < 4.78 is 12.1. The molecule has 33 heavy (non-hydrogen) atoms. The van der Waals surface area contributed by atoms with Crippen LogP contribution < -0.4 is 9.47 Å². The van der Waals surface area contributed by atoms with Gasteiger partial charge in [0.25, 0.3) is 5.91 Å². The lowest BCUT2D eigenvalue weighted by Crippen LogP contribution is -2.27. The third-order valence-corrected chi connectivity index (χ3v) is 5.47. The van der Waals surface area contributed by atoms with E-state index in [9.17, 15) is 4.79 Å². The number of aliphatic hydroxyl groups excluding tert-OH is 1. The summed E-state index contributed by atoms with van der Waals surface area (Å²) in [6.45, 7) is 12.0. The Bertz CT molecular complexity index is 905. The molecular formula is C28H39NO4. The van der Waals surface area contributed by atoms with E-state index in [-0.39, 0.29) is 12.5 Å². The number of allylic oxidation sites excluding steroid dienone is 1. The third-order valence-electron chi connectivity index (χ3n) is 5.47.